The second-order valence-corrected chi connectivity index (χ2v) is 3.84. The molecule has 1 heterocycles. The summed E-state index contributed by atoms with van der Waals surface area (Å²) in [4.78, 5) is 15.7. The standard InChI is InChI=1S/C13H9F3N2O/c1-7-3-2-4-10(17-7)13(19)18-9-6-5-8(14)11(15)12(9)16/h2-6H,1H3,(H,18,19). The highest BCUT2D eigenvalue weighted by Gasteiger charge is 2.16. The third-order valence-electron chi connectivity index (χ3n) is 2.40. The average molecular weight is 266 g/mol. The molecule has 6 heteroatoms. The first-order valence-electron chi connectivity index (χ1n) is 5.37. The predicted molar refractivity (Wildman–Crippen MR) is 63.2 cm³/mol. The molecule has 2 rings (SSSR count). The van der Waals surface area contributed by atoms with E-state index in [1.807, 2.05) is 0 Å². The number of anilines is 1. The van der Waals surface area contributed by atoms with Crippen LogP contribution >= 0.6 is 0 Å². The molecular formula is C13H9F3N2O. The number of amides is 1. The Balaban J connectivity index is 2.27. The summed E-state index contributed by atoms with van der Waals surface area (Å²) in [6.07, 6.45) is 0. The van der Waals surface area contributed by atoms with Gasteiger partial charge in [-0.1, -0.05) is 6.07 Å². The van der Waals surface area contributed by atoms with Crippen molar-refractivity contribution in [2.45, 2.75) is 6.92 Å². The van der Waals surface area contributed by atoms with Gasteiger partial charge < -0.3 is 5.32 Å². The molecule has 0 saturated heterocycles. The Kier molecular flexibility index (Phi) is 3.50. The molecule has 0 spiro atoms. The van der Waals surface area contributed by atoms with Crippen molar-refractivity contribution in [3.05, 3.63) is 59.2 Å². The molecular weight excluding hydrogens is 257 g/mol. The summed E-state index contributed by atoms with van der Waals surface area (Å²) in [6.45, 7) is 1.69. The lowest BCUT2D eigenvalue weighted by molar-refractivity contribution is 0.102. The van der Waals surface area contributed by atoms with Crippen molar-refractivity contribution in [2.24, 2.45) is 0 Å². The van der Waals surface area contributed by atoms with Gasteiger partial charge in [0.2, 0.25) is 0 Å². The molecule has 98 valence electrons. The number of carbonyl (C=O) groups excluding carboxylic acids is 1. The van der Waals surface area contributed by atoms with Gasteiger partial charge >= 0.3 is 0 Å². The van der Waals surface area contributed by atoms with Gasteiger partial charge in [0.05, 0.1) is 5.69 Å². The van der Waals surface area contributed by atoms with Crippen LogP contribution in [0.2, 0.25) is 0 Å². The fraction of sp³-hybridized carbons (Fsp3) is 0.0769. The number of hydrogen-bond acceptors (Lipinski definition) is 2. The lowest BCUT2D eigenvalue weighted by atomic mass is 10.2. The predicted octanol–water partition coefficient (Wildman–Crippen LogP) is 3.06. The van der Waals surface area contributed by atoms with Crippen LogP contribution in [0.15, 0.2) is 30.3 Å². The van der Waals surface area contributed by atoms with E-state index in [2.05, 4.69) is 10.3 Å². The van der Waals surface area contributed by atoms with Crippen LogP contribution in [-0.4, -0.2) is 10.9 Å². The smallest absolute Gasteiger partial charge is 0.274 e. The van der Waals surface area contributed by atoms with Crippen molar-refractivity contribution in [3.63, 3.8) is 0 Å². The van der Waals surface area contributed by atoms with Gasteiger partial charge in [-0.3, -0.25) is 4.79 Å². The number of pyridine rings is 1. The quantitative estimate of drug-likeness (QED) is 0.849. The van der Waals surface area contributed by atoms with E-state index in [0.29, 0.717) is 5.69 Å². The summed E-state index contributed by atoms with van der Waals surface area (Å²) >= 11 is 0. The van der Waals surface area contributed by atoms with Crippen molar-refractivity contribution in [1.29, 1.82) is 0 Å². The molecule has 1 N–H and O–H groups in total. The SMILES string of the molecule is Cc1cccc(C(=O)Nc2ccc(F)c(F)c2F)n1. The number of rotatable bonds is 2. The lowest BCUT2D eigenvalue weighted by Crippen LogP contribution is -2.15. The highest BCUT2D eigenvalue weighted by Crippen LogP contribution is 2.20. The molecule has 0 fully saturated rings. The molecule has 0 aliphatic heterocycles. The molecule has 0 atom stereocenters. The van der Waals surface area contributed by atoms with E-state index in [-0.39, 0.29) is 5.69 Å². The molecule has 0 bridgehead atoms. The maximum absolute atomic E-state index is 13.4. The van der Waals surface area contributed by atoms with E-state index < -0.39 is 29.0 Å². The maximum atomic E-state index is 13.4. The normalized spacial score (nSPS) is 10.3. The molecule has 1 aromatic heterocycles. The number of aryl methyl sites for hydroxylation is 1. The fourth-order valence-electron chi connectivity index (χ4n) is 1.48. The Morgan fingerprint density at radius 2 is 1.84 bits per heavy atom. The number of aromatic nitrogens is 1. The van der Waals surface area contributed by atoms with Crippen molar-refractivity contribution < 1.29 is 18.0 Å². The largest absolute Gasteiger partial charge is 0.318 e. The Bertz CT molecular complexity index is 644. The number of benzene rings is 1. The van der Waals surface area contributed by atoms with Gasteiger partial charge in [-0.05, 0) is 31.2 Å². The summed E-state index contributed by atoms with van der Waals surface area (Å²) in [5, 5.41) is 2.14. The zero-order valence-corrected chi connectivity index (χ0v) is 9.88. The van der Waals surface area contributed by atoms with Crippen LogP contribution in [0.3, 0.4) is 0 Å². The van der Waals surface area contributed by atoms with Gasteiger partial charge in [0.1, 0.15) is 5.69 Å². The van der Waals surface area contributed by atoms with Crippen LogP contribution in [-0.2, 0) is 0 Å². The number of carbonyl (C=O) groups is 1. The van der Waals surface area contributed by atoms with Gasteiger partial charge in [0, 0.05) is 5.69 Å². The van der Waals surface area contributed by atoms with Crippen LogP contribution in [0.4, 0.5) is 18.9 Å². The molecule has 19 heavy (non-hydrogen) atoms. The Hall–Kier alpha value is -2.37. The summed E-state index contributed by atoms with van der Waals surface area (Å²) < 4.78 is 39.1. The minimum Gasteiger partial charge on any atom is -0.318 e. The monoisotopic (exact) mass is 266 g/mol. The number of halogens is 3. The first-order chi connectivity index (χ1) is 8.99. The Morgan fingerprint density at radius 3 is 2.53 bits per heavy atom. The summed E-state index contributed by atoms with van der Waals surface area (Å²) in [5.74, 6) is -5.09. The fourth-order valence-corrected chi connectivity index (χ4v) is 1.48. The minimum absolute atomic E-state index is 0.0594. The molecule has 1 amide bonds. The van der Waals surface area contributed by atoms with E-state index in [1.54, 1.807) is 19.1 Å². The third-order valence-corrected chi connectivity index (χ3v) is 2.40. The van der Waals surface area contributed by atoms with Gasteiger partial charge in [0.15, 0.2) is 17.5 Å². The highest BCUT2D eigenvalue weighted by atomic mass is 19.2. The van der Waals surface area contributed by atoms with E-state index in [0.717, 1.165) is 12.1 Å². The van der Waals surface area contributed by atoms with Crippen molar-refractivity contribution >= 4 is 11.6 Å². The van der Waals surface area contributed by atoms with Crippen molar-refractivity contribution in [3.8, 4) is 0 Å². The van der Waals surface area contributed by atoms with Gasteiger partial charge in [-0.2, -0.15) is 0 Å². The zero-order chi connectivity index (χ0) is 14.0. The third kappa shape index (κ3) is 2.73. The first-order valence-corrected chi connectivity index (χ1v) is 5.37. The van der Waals surface area contributed by atoms with Crippen molar-refractivity contribution in [2.75, 3.05) is 5.32 Å². The summed E-state index contributed by atoms with van der Waals surface area (Å²) in [6, 6.07) is 6.41. The van der Waals surface area contributed by atoms with Gasteiger partial charge in [-0.15, -0.1) is 0 Å². The lowest BCUT2D eigenvalue weighted by Gasteiger charge is -2.07. The minimum atomic E-state index is -1.63. The topological polar surface area (TPSA) is 42.0 Å². The molecule has 0 unspecified atom stereocenters. The number of nitrogens with zero attached hydrogens (tertiary/aromatic N) is 1. The molecule has 0 aliphatic carbocycles. The second kappa shape index (κ2) is 5.09. The van der Waals surface area contributed by atoms with Crippen LogP contribution in [0.5, 0.6) is 0 Å². The number of hydrogen-bond donors (Lipinski definition) is 1. The summed E-state index contributed by atoms with van der Waals surface area (Å²) in [7, 11) is 0. The second-order valence-electron chi connectivity index (χ2n) is 3.84. The molecule has 2 aromatic rings. The van der Waals surface area contributed by atoms with Crippen molar-refractivity contribution in [1.82, 2.24) is 4.98 Å². The molecule has 0 saturated carbocycles. The van der Waals surface area contributed by atoms with Gasteiger partial charge in [-0.25, -0.2) is 18.2 Å². The summed E-state index contributed by atoms with van der Waals surface area (Å²) in [5.41, 5.74) is 0.231. The van der Waals surface area contributed by atoms with Crippen LogP contribution in [0.1, 0.15) is 16.2 Å². The molecule has 0 radical (unpaired) electrons. The van der Waals surface area contributed by atoms with Crippen LogP contribution in [0.25, 0.3) is 0 Å². The van der Waals surface area contributed by atoms with E-state index in [9.17, 15) is 18.0 Å². The highest BCUT2D eigenvalue weighted by molar-refractivity contribution is 6.02. The first kappa shape index (κ1) is 13.1. The van der Waals surface area contributed by atoms with E-state index in [4.69, 9.17) is 0 Å². The Labute approximate surface area is 107 Å². The van der Waals surface area contributed by atoms with Crippen LogP contribution in [0, 0.1) is 24.4 Å². The molecule has 0 aliphatic rings. The number of nitrogens with one attached hydrogen (secondary N) is 1. The average Bonchev–Trinajstić information content (AvgIpc) is 2.39. The van der Waals surface area contributed by atoms with Gasteiger partial charge in [0.25, 0.3) is 5.91 Å². The van der Waals surface area contributed by atoms with E-state index >= 15 is 0 Å². The molecule has 3 nitrogen and oxygen atoms in total. The molecule has 1 aromatic carbocycles. The van der Waals surface area contributed by atoms with Crippen LogP contribution < -0.4 is 5.32 Å². The Morgan fingerprint density at radius 1 is 1.11 bits per heavy atom. The zero-order valence-electron chi connectivity index (χ0n) is 9.88. The maximum Gasteiger partial charge on any atom is 0.274 e. The van der Waals surface area contributed by atoms with E-state index in [1.165, 1.54) is 6.07 Å².